The van der Waals surface area contributed by atoms with Crippen LogP contribution in [0.2, 0.25) is 0 Å². The normalized spacial score (nSPS) is 18.0. The van der Waals surface area contributed by atoms with Crippen molar-refractivity contribution in [3.05, 3.63) is 41.6 Å². The zero-order chi connectivity index (χ0) is 13.2. The van der Waals surface area contributed by atoms with Crippen LogP contribution in [0, 0.1) is 6.92 Å². The first-order chi connectivity index (χ1) is 9.22. The Morgan fingerprint density at radius 1 is 1.26 bits per heavy atom. The number of pyridine rings is 1. The Morgan fingerprint density at radius 2 is 2.05 bits per heavy atom. The third-order valence-corrected chi connectivity index (χ3v) is 3.42. The SMILES string of the molecule is Cc1ccc2cc(C(N)CC3OCCO3)ccc2n1. The predicted octanol–water partition coefficient (Wildman–Crippen LogP) is 2.31. The van der Waals surface area contributed by atoms with E-state index in [1.54, 1.807) is 0 Å². The van der Waals surface area contributed by atoms with Crippen molar-refractivity contribution in [2.45, 2.75) is 25.7 Å². The molecule has 1 aromatic carbocycles. The van der Waals surface area contributed by atoms with Crippen LogP contribution in [0.25, 0.3) is 10.9 Å². The minimum Gasteiger partial charge on any atom is -0.350 e. The van der Waals surface area contributed by atoms with Gasteiger partial charge in [-0.1, -0.05) is 12.1 Å². The maximum atomic E-state index is 6.22. The van der Waals surface area contributed by atoms with Gasteiger partial charge in [0.15, 0.2) is 6.29 Å². The van der Waals surface area contributed by atoms with Crippen molar-refractivity contribution in [3.8, 4) is 0 Å². The first-order valence-corrected chi connectivity index (χ1v) is 6.58. The monoisotopic (exact) mass is 258 g/mol. The minimum absolute atomic E-state index is 0.0752. The molecular formula is C15H18N2O2. The molecule has 0 bridgehead atoms. The standard InChI is InChI=1S/C15H18N2O2/c1-10-2-3-12-8-11(4-5-14(12)17-10)13(16)9-15-18-6-7-19-15/h2-5,8,13,15H,6-7,9,16H2,1H3. The first kappa shape index (κ1) is 12.5. The molecule has 2 aromatic rings. The number of aromatic nitrogens is 1. The van der Waals surface area contributed by atoms with Crippen molar-refractivity contribution in [2.75, 3.05) is 13.2 Å². The van der Waals surface area contributed by atoms with Crippen molar-refractivity contribution >= 4 is 10.9 Å². The molecule has 0 amide bonds. The summed E-state index contributed by atoms with van der Waals surface area (Å²) in [6, 6.07) is 10.2. The van der Waals surface area contributed by atoms with Crippen molar-refractivity contribution in [1.82, 2.24) is 4.98 Å². The van der Waals surface area contributed by atoms with Gasteiger partial charge in [0.25, 0.3) is 0 Å². The van der Waals surface area contributed by atoms with E-state index in [9.17, 15) is 0 Å². The Bertz CT molecular complexity index is 579. The summed E-state index contributed by atoms with van der Waals surface area (Å²) in [6.07, 6.45) is 0.520. The van der Waals surface area contributed by atoms with Crippen LogP contribution in [-0.4, -0.2) is 24.5 Å². The lowest BCUT2D eigenvalue weighted by molar-refractivity contribution is -0.0507. The van der Waals surface area contributed by atoms with Crippen LogP contribution in [-0.2, 0) is 9.47 Å². The van der Waals surface area contributed by atoms with E-state index in [-0.39, 0.29) is 12.3 Å². The summed E-state index contributed by atoms with van der Waals surface area (Å²) in [5.41, 5.74) is 9.34. The largest absolute Gasteiger partial charge is 0.350 e. The maximum absolute atomic E-state index is 6.22. The fourth-order valence-corrected chi connectivity index (χ4v) is 2.36. The number of hydrogen-bond acceptors (Lipinski definition) is 4. The van der Waals surface area contributed by atoms with Gasteiger partial charge in [-0.05, 0) is 30.7 Å². The summed E-state index contributed by atoms with van der Waals surface area (Å²) >= 11 is 0. The maximum Gasteiger partial charge on any atom is 0.159 e. The number of ether oxygens (including phenoxy) is 2. The topological polar surface area (TPSA) is 57.4 Å². The molecule has 1 atom stereocenters. The molecule has 4 nitrogen and oxygen atoms in total. The fourth-order valence-electron chi connectivity index (χ4n) is 2.36. The van der Waals surface area contributed by atoms with E-state index in [0.29, 0.717) is 19.6 Å². The number of fused-ring (bicyclic) bond motifs is 1. The molecule has 1 unspecified atom stereocenters. The average molecular weight is 258 g/mol. The highest BCUT2D eigenvalue weighted by Crippen LogP contribution is 2.23. The van der Waals surface area contributed by atoms with Crippen molar-refractivity contribution in [3.63, 3.8) is 0 Å². The summed E-state index contributed by atoms with van der Waals surface area (Å²) in [7, 11) is 0. The molecule has 1 saturated heterocycles. The molecule has 2 heterocycles. The van der Waals surface area contributed by atoms with Crippen LogP contribution in [0.5, 0.6) is 0 Å². The minimum atomic E-state index is -0.165. The average Bonchev–Trinajstić information content (AvgIpc) is 2.91. The molecule has 0 spiro atoms. The molecule has 1 fully saturated rings. The van der Waals surface area contributed by atoms with Crippen LogP contribution in [0.1, 0.15) is 23.7 Å². The lowest BCUT2D eigenvalue weighted by Crippen LogP contribution is -2.19. The zero-order valence-electron chi connectivity index (χ0n) is 11.0. The summed E-state index contributed by atoms with van der Waals surface area (Å²) in [5.74, 6) is 0. The zero-order valence-corrected chi connectivity index (χ0v) is 11.0. The Morgan fingerprint density at radius 3 is 2.84 bits per heavy atom. The molecule has 100 valence electrons. The number of hydrogen-bond donors (Lipinski definition) is 1. The number of nitrogens with two attached hydrogens (primary N) is 1. The fraction of sp³-hybridized carbons (Fsp3) is 0.400. The predicted molar refractivity (Wildman–Crippen MR) is 73.7 cm³/mol. The second-order valence-electron chi connectivity index (χ2n) is 4.92. The number of rotatable bonds is 3. The summed E-state index contributed by atoms with van der Waals surface area (Å²) < 4.78 is 10.9. The molecule has 0 radical (unpaired) electrons. The van der Waals surface area contributed by atoms with Crippen molar-refractivity contribution in [2.24, 2.45) is 5.73 Å². The number of nitrogens with zero attached hydrogens (tertiary/aromatic N) is 1. The van der Waals surface area contributed by atoms with Gasteiger partial charge in [-0.25, -0.2) is 0 Å². The molecule has 1 aliphatic rings. The quantitative estimate of drug-likeness (QED) is 0.917. The molecule has 0 saturated carbocycles. The van der Waals surface area contributed by atoms with E-state index >= 15 is 0 Å². The van der Waals surface area contributed by atoms with E-state index in [1.165, 1.54) is 0 Å². The Labute approximate surface area is 112 Å². The second kappa shape index (κ2) is 5.25. The van der Waals surface area contributed by atoms with E-state index in [2.05, 4.69) is 17.1 Å². The van der Waals surface area contributed by atoms with E-state index in [1.807, 2.05) is 25.1 Å². The van der Waals surface area contributed by atoms with Gasteiger partial charge in [0.1, 0.15) is 0 Å². The highest BCUT2D eigenvalue weighted by Gasteiger charge is 2.20. The third kappa shape index (κ3) is 2.76. The van der Waals surface area contributed by atoms with Crippen molar-refractivity contribution in [1.29, 1.82) is 0 Å². The van der Waals surface area contributed by atoms with Crippen LogP contribution in [0.15, 0.2) is 30.3 Å². The highest BCUT2D eigenvalue weighted by molar-refractivity contribution is 5.79. The van der Waals surface area contributed by atoms with Gasteiger partial charge in [-0.3, -0.25) is 4.98 Å². The molecule has 3 rings (SSSR count). The van der Waals surface area contributed by atoms with Gasteiger partial charge in [-0.15, -0.1) is 0 Å². The summed E-state index contributed by atoms with van der Waals surface area (Å²) in [6.45, 7) is 3.32. The van der Waals surface area contributed by atoms with Gasteiger partial charge in [0.2, 0.25) is 0 Å². The van der Waals surface area contributed by atoms with Gasteiger partial charge in [0.05, 0.1) is 18.7 Å². The molecule has 0 aliphatic carbocycles. The number of benzene rings is 1. The molecule has 4 heteroatoms. The summed E-state index contributed by atoms with van der Waals surface area (Å²) in [5, 5.41) is 1.12. The van der Waals surface area contributed by atoms with Crippen molar-refractivity contribution < 1.29 is 9.47 Å². The third-order valence-electron chi connectivity index (χ3n) is 3.42. The van der Waals surface area contributed by atoms with Crippen LogP contribution >= 0.6 is 0 Å². The van der Waals surface area contributed by atoms with Gasteiger partial charge in [-0.2, -0.15) is 0 Å². The van der Waals surface area contributed by atoms with E-state index in [4.69, 9.17) is 15.2 Å². The second-order valence-corrected chi connectivity index (χ2v) is 4.92. The lowest BCUT2D eigenvalue weighted by Gasteiger charge is -2.16. The summed E-state index contributed by atoms with van der Waals surface area (Å²) in [4.78, 5) is 4.49. The Balaban J connectivity index is 1.81. The Kier molecular flexibility index (Phi) is 3.46. The Hall–Kier alpha value is -1.49. The highest BCUT2D eigenvalue weighted by atomic mass is 16.7. The molecule has 1 aromatic heterocycles. The molecule has 2 N–H and O–H groups in total. The van der Waals surface area contributed by atoms with E-state index in [0.717, 1.165) is 22.2 Å². The van der Waals surface area contributed by atoms with E-state index < -0.39 is 0 Å². The smallest absolute Gasteiger partial charge is 0.159 e. The molecule has 1 aliphatic heterocycles. The lowest BCUT2D eigenvalue weighted by atomic mass is 10.0. The van der Waals surface area contributed by atoms with Gasteiger partial charge in [0, 0.05) is 23.5 Å². The van der Waals surface area contributed by atoms with Crippen LogP contribution in [0.4, 0.5) is 0 Å². The van der Waals surface area contributed by atoms with Gasteiger partial charge < -0.3 is 15.2 Å². The van der Waals surface area contributed by atoms with Crippen LogP contribution in [0.3, 0.4) is 0 Å². The molecular weight excluding hydrogens is 240 g/mol. The first-order valence-electron chi connectivity index (χ1n) is 6.58. The van der Waals surface area contributed by atoms with Gasteiger partial charge >= 0.3 is 0 Å². The molecule has 19 heavy (non-hydrogen) atoms. The number of aryl methyl sites for hydroxylation is 1. The van der Waals surface area contributed by atoms with Crippen LogP contribution < -0.4 is 5.73 Å².